The van der Waals surface area contributed by atoms with E-state index in [-0.39, 0.29) is 6.04 Å². The molecule has 1 amide bonds. The third kappa shape index (κ3) is 1.85. The van der Waals surface area contributed by atoms with Gasteiger partial charge in [-0.05, 0) is 19.1 Å². The zero-order valence-corrected chi connectivity index (χ0v) is 9.25. The first-order chi connectivity index (χ1) is 7.22. The van der Waals surface area contributed by atoms with Gasteiger partial charge in [-0.1, -0.05) is 24.4 Å². The van der Waals surface area contributed by atoms with Gasteiger partial charge in [-0.2, -0.15) is 0 Å². The van der Waals surface area contributed by atoms with E-state index in [0.717, 1.165) is 22.8 Å². The molecule has 0 aromatic heterocycles. The molecular weight excluding hydrogens is 208 g/mol. The number of para-hydroxylation sites is 2. The van der Waals surface area contributed by atoms with E-state index in [1.165, 1.54) is 0 Å². The fourth-order valence-corrected chi connectivity index (χ4v) is 2.12. The highest BCUT2D eigenvalue weighted by Gasteiger charge is 2.22. The Hall–Kier alpha value is -1.42. The van der Waals surface area contributed by atoms with Crippen LogP contribution in [0.5, 0.6) is 0 Å². The highest BCUT2D eigenvalue weighted by atomic mass is 32.1. The third-order valence-electron chi connectivity index (χ3n) is 2.53. The number of anilines is 2. The van der Waals surface area contributed by atoms with E-state index in [0.29, 0.717) is 6.42 Å². The number of carbonyl (C=O) groups excluding carboxylic acids is 1. The topological polar surface area (TPSA) is 32.3 Å². The van der Waals surface area contributed by atoms with E-state index in [1.54, 1.807) is 4.90 Å². The summed E-state index contributed by atoms with van der Waals surface area (Å²) in [6.07, 6.45) is 1.56. The average Bonchev–Trinajstić information content (AvgIpc) is 2.32. The molecule has 1 aromatic carbocycles. The van der Waals surface area contributed by atoms with Gasteiger partial charge in [0, 0.05) is 12.5 Å². The quantitative estimate of drug-likeness (QED) is 0.581. The molecule has 3 nitrogen and oxygen atoms in total. The van der Waals surface area contributed by atoms with Gasteiger partial charge in [0.1, 0.15) is 0 Å². The Balaban J connectivity index is 2.50. The lowest BCUT2D eigenvalue weighted by Crippen LogP contribution is -2.31. The average molecular weight is 220 g/mol. The SMILES string of the molecule is C[C@H]1CC(=S)Nc2ccccc2N1C=O. The smallest absolute Gasteiger partial charge is 0.214 e. The zero-order valence-electron chi connectivity index (χ0n) is 8.43. The van der Waals surface area contributed by atoms with Crippen molar-refractivity contribution in [3.05, 3.63) is 24.3 Å². The van der Waals surface area contributed by atoms with Gasteiger partial charge in [-0.3, -0.25) is 4.79 Å². The molecule has 4 heteroatoms. The number of nitrogens with zero attached hydrogens (tertiary/aromatic N) is 1. The molecular formula is C11H12N2OS. The highest BCUT2D eigenvalue weighted by Crippen LogP contribution is 2.30. The van der Waals surface area contributed by atoms with Gasteiger partial charge < -0.3 is 10.2 Å². The molecule has 0 unspecified atom stereocenters. The summed E-state index contributed by atoms with van der Waals surface area (Å²) in [5.74, 6) is 0. The molecule has 0 saturated heterocycles. The van der Waals surface area contributed by atoms with Crippen LogP contribution < -0.4 is 10.2 Å². The molecule has 2 rings (SSSR count). The number of hydrogen-bond acceptors (Lipinski definition) is 2. The first-order valence-corrected chi connectivity index (χ1v) is 5.25. The first-order valence-electron chi connectivity index (χ1n) is 4.85. The number of amides is 1. The van der Waals surface area contributed by atoms with Crippen molar-refractivity contribution in [3.63, 3.8) is 0 Å². The molecule has 0 spiro atoms. The summed E-state index contributed by atoms with van der Waals surface area (Å²) >= 11 is 5.19. The van der Waals surface area contributed by atoms with E-state index < -0.39 is 0 Å². The number of thiocarbonyl (C=S) groups is 1. The minimum Gasteiger partial charge on any atom is -0.348 e. The van der Waals surface area contributed by atoms with Crippen molar-refractivity contribution in [2.75, 3.05) is 10.2 Å². The summed E-state index contributed by atoms with van der Waals surface area (Å²) in [7, 11) is 0. The van der Waals surface area contributed by atoms with Crippen LogP contribution in [0.25, 0.3) is 0 Å². The molecule has 0 fully saturated rings. The molecule has 78 valence electrons. The third-order valence-corrected chi connectivity index (χ3v) is 2.79. The molecule has 1 aromatic rings. The van der Waals surface area contributed by atoms with E-state index in [2.05, 4.69) is 5.32 Å². The molecule has 1 atom stereocenters. The largest absolute Gasteiger partial charge is 0.348 e. The maximum absolute atomic E-state index is 11.0. The molecule has 0 bridgehead atoms. The highest BCUT2D eigenvalue weighted by molar-refractivity contribution is 7.80. The molecule has 1 N–H and O–H groups in total. The van der Waals surface area contributed by atoms with Crippen molar-refractivity contribution in [2.24, 2.45) is 0 Å². The van der Waals surface area contributed by atoms with Gasteiger partial charge >= 0.3 is 0 Å². The van der Waals surface area contributed by atoms with Crippen molar-refractivity contribution in [1.82, 2.24) is 0 Å². The number of carbonyl (C=O) groups is 1. The Bertz CT molecular complexity index is 405. The molecule has 1 aliphatic heterocycles. The number of nitrogens with one attached hydrogen (secondary N) is 1. The van der Waals surface area contributed by atoms with Crippen molar-refractivity contribution >= 4 is 35.0 Å². The van der Waals surface area contributed by atoms with Crippen molar-refractivity contribution in [1.29, 1.82) is 0 Å². The molecule has 1 aliphatic rings. The number of benzene rings is 1. The van der Waals surface area contributed by atoms with Crippen LogP contribution in [0, 0.1) is 0 Å². The standard InChI is InChI=1S/C11H12N2OS/c1-8-6-11(15)12-9-4-2-3-5-10(9)13(8)7-14/h2-5,7-8H,6H2,1H3,(H,12,15)/t8-/m0/s1. The normalized spacial score (nSPS) is 20.2. The van der Waals surface area contributed by atoms with Crippen LogP contribution in [0.1, 0.15) is 13.3 Å². The van der Waals surface area contributed by atoms with Gasteiger partial charge in [0.2, 0.25) is 6.41 Å². The van der Waals surface area contributed by atoms with Crippen LogP contribution in [-0.2, 0) is 4.79 Å². The van der Waals surface area contributed by atoms with Gasteiger partial charge in [-0.25, -0.2) is 0 Å². The fourth-order valence-electron chi connectivity index (χ4n) is 1.77. The van der Waals surface area contributed by atoms with Crippen LogP contribution in [0.15, 0.2) is 24.3 Å². The van der Waals surface area contributed by atoms with Gasteiger partial charge in [0.15, 0.2) is 0 Å². The monoisotopic (exact) mass is 220 g/mol. The van der Waals surface area contributed by atoms with Gasteiger partial charge in [-0.15, -0.1) is 0 Å². The molecule has 1 heterocycles. The molecule has 0 aliphatic carbocycles. The predicted octanol–water partition coefficient (Wildman–Crippen LogP) is 2.18. The Kier molecular flexibility index (Phi) is 2.68. The van der Waals surface area contributed by atoms with E-state index in [4.69, 9.17) is 12.2 Å². The summed E-state index contributed by atoms with van der Waals surface area (Å²) in [5, 5.41) is 3.15. The van der Waals surface area contributed by atoms with Crippen LogP contribution >= 0.6 is 12.2 Å². The summed E-state index contributed by atoms with van der Waals surface area (Å²) in [4.78, 5) is 13.5. The van der Waals surface area contributed by atoms with Crippen LogP contribution in [0.2, 0.25) is 0 Å². The summed E-state index contributed by atoms with van der Waals surface area (Å²) < 4.78 is 0. The second-order valence-corrected chi connectivity index (χ2v) is 4.12. The Morgan fingerprint density at radius 3 is 3.00 bits per heavy atom. The van der Waals surface area contributed by atoms with Gasteiger partial charge in [0.05, 0.1) is 16.4 Å². The summed E-state index contributed by atoms with van der Waals surface area (Å²) in [6, 6.07) is 7.79. The van der Waals surface area contributed by atoms with Gasteiger partial charge in [0.25, 0.3) is 0 Å². The summed E-state index contributed by atoms with van der Waals surface area (Å²) in [6.45, 7) is 1.99. The van der Waals surface area contributed by atoms with Crippen LogP contribution in [0.4, 0.5) is 11.4 Å². The Morgan fingerprint density at radius 2 is 2.27 bits per heavy atom. The van der Waals surface area contributed by atoms with E-state index >= 15 is 0 Å². The minimum absolute atomic E-state index is 0.103. The minimum atomic E-state index is 0.103. The second-order valence-electron chi connectivity index (χ2n) is 3.63. The maximum atomic E-state index is 11.0. The molecule has 15 heavy (non-hydrogen) atoms. The second kappa shape index (κ2) is 3.98. The maximum Gasteiger partial charge on any atom is 0.214 e. The lowest BCUT2D eigenvalue weighted by Gasteiger charge is -2.22. The van der Waals surface area contributed by atoms with Crippen molar-refractivity contribution in [3.8, 4) is 0 Å². The summed E-state index contributed by atoms with van der Waals surface area (Å²) in [5.41, 5.74) is 1.79. The predicted molar refractivity (Wildman–Crippen MR) is 65.3 cm³/mol. The van der Waals surface area contributed by atoms with E-state index in [1.807, 2.05) is 31.2 Å². The lowest BCUT2D eigenvalue weighted by molar-refractivity contribution is -0.107. The lowest BCUT2D eigenvalue weighted by atomic mass is 10.2. The van der Waals surface area contributed by atoms with Crippen LogP contribution in [-0.4, -0.2) is 17.4 Å². The zero-order chi connectivity index (χ0) is 10.8. The fraction of sp³-hybridized carbons (Fsp3) is 0.273. The van der Waals surface area contributed by atoms with Crippen molar-refractivity contribution < 1.29 is 4.79 Å². The number of rotatable bonds is 1. The Morgan fingerprint density at radius 1 is 1.53 bits per heavy atom. The van der Waals surface area contributed by atoms with Crippen molar-refractivity contribution in [2.45, 2.75) is 19.4 Å². The molecule has 0 saturated carbocycles. The van der Waals surface area contributed by atoms with Crippen LogP contribution in [0.3, 0.4) is 0 Å². The Labute approximate surface area is 94.1 Å². The first kappa shape index (κ1) is 10.1. The van der Waals surface area contributed by atoms with E-state index in [9.17, 15) is 4.79 Å². The molecule has 0 radical (unpaired) electrons. The number of fused-ring (bicyclic) bond motifs is 1. The number of hydrogen-bond donors (Lipinski definition) is 1.